The molecule has 0 atom stereocenters. The molecular weight excluding hydrogens is 374 g/mol. The van der Waals surface area contributed by atoms with Gasteiger partial charge in [-0.05, 0) is 18.2 Å². The Morgan fingerprint density at radius 1 is 1.17 bits per heavy atom. The number of piperazine rings is 1. The number of carbonyl (C=O) groups is 1. The second-order valence-corrected chi connectivity index (χ2v) is 6.71. The van der Waals surface area contributed by atoms with Crippen molar-refractivity contribution in [1.82, 2.24) is 10.3 Å². The summed E-state index contributed by atoms with van der Waals surface area (Å²) in [4.78, 5) is 26.8. The molecule has 2 aromatic rings. The van der Waals surface area contributed by atoms with Crippen LogP contribution in [0.3, 0.4) is 0 Å². The zero-order valence-corrected chi connectivity index (χ0v) is 15.9. The van der Waals surface area contributed by atoms with E-state index in [9.17, 15) is 20.0 Å². The van der Waals surface area contributed by atoms with Gasteiger partial charge >= 0.3 is 0 Å². The predicted molar refractivity (Wildman–Crippen MR) is 110 cm³/mol. The lowest BCUT2D eigenvalue weighted by Crippen LogP contribution is -2.47. The molecule has 9 heteroatoms. The van der Waals surface area contributed by atoms with E-state index in [0.717, 1.165) is 26.2 Å². The van der Waals surface area contributed by atoms with Crippen molar-refractivity contribution >= 4 is 23.5 Å². The molecule has 3 rings (SSSR count). The summed E-state index contributed by atoms with van der Waals surface area (Å²) in [6.07, 6.45) is 1.49. The topological polar surface area (TPSA) is 111 Å². The van der Waals surface area contributed by atoms with Crippen molar-refractivity contribution in [2.75, 3.05) is 37.6 Å². The molecule has 0 saturated carbocycles. The van der Waals surface area contributed by atoms with Crippen LogP contribution in [0.15, 0.2) is 53.6 Å². The zero-order valence-electron chi connectivity index (χ0n) is 15.9. The van der Waals surface area contributed by atoms with Gasteiger partial charge < -0.3 is 10.0 Å². The Bertz CT molecular complexity index is 880. The summed E-state index contributed by atoms with van der Waals surface area (Å²) in [6, 6.07) is 13.9. The number of benzene rings is 2. The Morgan fingerprint density at radius 2 is 1.90 bits per heavy atom. The maximum atomic E-state index is 12.0. The molecule has 1 saturated heterocycles. The van der Waals surface area contributed by atoms with E-state index in [1.54, 1.807) is 0 Å². The summed E-state index contributed by atoms with van der Waals surface area (Å²) in [5.41, 5.74) is 3.61. The average Bonchev–Trinajstić information content (AvgIpc) is 2.74. The molecule has 0 spiro atoms. The van der Waals surface area contributed by atoms with Crippen LogP contribution in [-0.2, 0) is 4.79 Å². The van der Waals surface area contributed by atoms with Gasteiger partial charge in [0.2, 0.25) is 5.91 Å². The highest BCUT2D eigenvalue weighted by Crippen LogP contribution is 2.21. The molecule has 0 unspecified atom stereocenters. The van der Waals surface area contributed by atoms with Crippen LogP contribution in [0, 0.1) is 10.1 Å². The van der Waals surface area contributed by atoms with Gasteiger partial charge in [0.15, 0.2) is 0 Å². The maximum absolute atomic E-state index is 12.0. The van der Waals surface area contributed by atoms with Crippen LogP contribution in [-0.4, -0.2) is 59.8 Å². The number of amides is 1. The third kappa shape index (κ3) is 5.76. The lowest BCUT2D eigenvalue weighted by molar-refractivity contribution is -0.384. The summed E-state index contributed by atoms with van der Waals surface area (Å²) >= 11 is 0. The first-order valence-electron chi connectivity index (χ1n) is 9.34. The SMILES string of the molecule is O=C(CCN1CCN(c2ccccc2)CC1)N/N=C/c1cc([N+](=O)[O-])ccc1O. The van der Waals surface area contributed by atoms with Crippen molar-refractivity contribution in [3.05, 3.63) is 64.2 Å². The van der Waals surface area contributed by atoms with E-state index in [0.29, 0.717) is 13.0 Å². The molecule has 0 radical (unpaired) electrons. The minimum absolute atomic E-state index is 0.148. The molecule has 1 amide bonds. The molecule has 1 fully saturated rings. The molecule has 0 bridgehead atoms. The monoisotopic (exact) mass is 397 g/mol. The van der Waals surface area contributed by atoms with Gasteiger partial charge in [-0.25, -0.2) is 5.43 Å². The fourth-order valence-corrected chi connectivity index (χ4v) is 3.12. The van der Waals surface area contributed by atoms with Crippen molar-refractivity contribution in [2.24, 2.45) is 5.10 Å². The number of nitro benzene ring substituents is 1. The summed E-state index contributed by atoms with van der Waals surface area (Å²) in [6.45, 7) is 4.22. The molecule has 1 heterocycles. The molecule has 152 valence electrons. The third-order valence-electron chi connectivity index (χ3n) is 4.76. The van der Waals surface area contributed by atoms with E-state index in [1.165, 1.54) is 30.1 Å². The minimum atomic E-state index is -0.563. The number of hydrogen-bond donors (Lipinski definition) is 2. The van der Waals surface area contributed by atoms with E-state index < -0.39 is 4.92 Å². The molecule has 0 aromatic heterocycles. The Labute approximate surface area is 168 Å². The number of phenolic OH excluding ortho intramolecular Hbond substituents is 1. The number of hydrogen-bond acceptors (Lipinski definition) is 7. The van der Waals surface area contributed by atoms with Crippen LogP contribution in [0.1, 0.15) is 12.0 Å². The summed E-state index contributed by atoms with van der Waals surface area (Å²) < 4.78 is 0. The highest BCUT2D eigenvalue weighted by atomic mass is 16.6. The van der Waals surface area contributed by atoms with Gasteiger partial charge in [-0.1, -0.05) is 18.2 Å². The maximum Gasteiger partial charge on any atom is 0.270 e. The standard InChI is InChI=1S/C20H23N5O4/c26-19-7-6-18(25(28)29)14-16(19)15-21-22-20(27)8-9-23-10-12-24(13-11-23)17-4-2-1-3-5-17/h1-7,14-15,26H,8-13H2,(H,22,27)/b21-15+. The Hall–Kier alpha value is -3.46. The molecular formula is C20H23N5O4. The largest absolute Gasteiger partial charge is 0.507 e. The number of non-ortho nitro benzene ring substituents is 1. The lowest BCUT2D eigenvalue weighted by atomic mass is 10.2. The number of rotatable bonds is 7. The fourth-order valence-electron chi connectivity index (χ4n) is 3.12. The summed E-state index contributed by atoms with van der Waals surface area (Å²) in [5.74, 6) is -0.401. The Balaban J connectivity index is 1.41. The van der Waals surface area contributed by atoms with Crippen LogP contribution in [0.2, 0.25) is 0 Å². The molecule has 1 aliphatic rings. The first-order chi connectivity index (χ1) is 14.0. The summed E-state index contributed by atoms with van der Waals surface area (Å²) in [7, 11) is 0. The smallest absolute Gasteiger partial charge is 0.270 e. The van der Waals surface area contributed by atoms with Crippen molar-refractivity contribution in [3.8, 4) is 5.75 Å². The number of anilines is 1. The number of nitro groups is 1. The second kappa shape index (κ2) is 9.65. The van der Waals surface area contributed by atoms with E-state index in [1.807, 2.05) is 18.2 Å². The quantitative estimate of drug-likeness (QED) is 0.420. The van der Waals surface area contributed by atoms with E-state index in [4.69, 9.17) is 0 Å². The first-order valence-corrected chi connectivity index (χ1v) is 9.34. The minimum Gasteiger partial charge on any atom is -0.507 e. The number of carbonyl (C=O) groups excluding carboxylic acids is 1. The summed E-state index contributed by atoms with van der Waals surface area (Å²) in [5, 5.41) is 24.3. The third-order valence-corrected chi connectivity index (χ3v) is 4.76. The van der Waals surface area contributed by atoms with Gasteiger partial charge in [-0.2, -0.15) is 5.10 Å². The van der Waals surface area contributed by atoms with Crippen LogP contribution in [0.5, 0.6) is 5.75 Å². The van der Waals surface area contributed by atoms with Gasteiger partial charge in [0.1, 0.15) is 5.75 Å². The number of phenols is 1. The Morgan fingerprint density at radius 3 is 2.59 bits per heavy atom. The average molecular weight is 397 g/mol. The van der Waals surface area contributed by atoms with Crippen molar-refractivity contribution in [1.29, 1.82) is 0 Å². The van der Waals surface area contributed by atoms with E-state index in [2.05, 4.69) is 32.5 Å². The number of nitrogens with one attached hydrogen (secondary N) is 1. The number of aromatic hydroxyl groups is 1. The van der Waals surface area contributed by atoms with E-state index >= 15 is 0 Å². The van der Waals surface area contributed by atoms with Crippen LogP contribution in [0.4, 0.5) is 11.4 Å². The van der Waals surface area contributed by atoms with Crippen LogP contribution >= 0.6 is 0 Å². The van der Waals surface area contributed by atoms with E-state index in [-0.39, 0.29) is 22.9 Å². The molecule has 2 aromatic carbocycles. The Kier molecular flexibility index (Phi) is 6.75. The second-order valence-electron chi connectivity index (χ2n) is 6.71. The first kappa shape index (κ1) is 20.3. The molecule has 1 aliphatic heterocycles. The van der Waals surface area contributed by atoms with Gasteiger partial charge in [-0.15, -0.1) is 0 Å². The number of hydrazone groups is 1. The molecule has 9 nitrogen and oxygen atoms in total. The number of nitrogens with zero attached hydrogens (tertiary/aromatic N) is 4. The number of para-hydroxylation sites is 1. The normalized spacial score (nSPS) is 14.8. The van der Waals surface area contributed by atoms with Crippen molar-refractivity contribution in [3.63, 3.8) is 0 Å². The van der Waals surface area contributed by atoms with Crippen molar-refractivity contribution in [2.45, 2.75) is 6.42 Å². The predicted octanol–water partition coefficient (Wildman–Crippen LogP) is 1.96. The van der Waals surface area contributed by atoms with Crippen LogP contribution in [0.25, 0.3) is 0 Å². The highest BCUT2D eigenvalue weighted by Gasteiger charge is 2.17. The molecule has 0 aliphatic carbocycles. The van der Waals surface area contributed by atoms with Gasteiger partial charge in [0, 0.05) is 62.5 Å². The molecule has 29 heavy (non-hydrogen) atoms. The highest BCUT2D eigenvalue weighted by molar-refractivity contribution is 5.86. The lowest BCUT2D eigenvalue weighted by Gasteiger charge is -2.36. The zero-order chi connectivity index (χ0) is 20.6. The fraction of sp³-hybridized carbons (Fsp3) is 0.300. The van der Waals surface area contributed by atoms with Gasteiger partial charge in [-0.3, -0.25) is 19.8 Å². The van der Waals surface area contributed by atoms with Gasteiger partial charge in [0.05, 0.1) is 11.1 Å². The molecule has 2 N–H and O–H groups in total. The van der Waals surface area contributed by atoms with Crippen molar-refractivity contribution < 1.29 is 14.8 Å². The van der Waals surface area contributed by atoms with Gasteiger partial charge in [0.25, 0.3) is 5.69 Å². The van der Waals surface area contributed by atoms with Crippen LogP contribution < -0.4 is 10.3 Å².